The first-order valence-corrected chi connectivity index (χ1v) is 9.54. The number of hydrogen-bond acceptors (Lipinski definition) is 6. The van der Waals surface area contributed by atoms with Gasteiger partial charge in [0.15, 0.2) is 6.10 Å². The van der Waals surface area contributed by atoms with Gasteiger partial charge in [0.25, 0.3) is 5.91 Å². The molecule has 0 aliphatic heterocycles. The molecule has 1 heterocycles. The van der Waals surface area contributed by atoms with E-state index in [0.29, 0.717) is 11.3 Å². The molecule has 148 valence electrons. The molecule has 1 aliphatic rings. The fourth-order valence-electron chi connectivity index (χ4n) is 3.53. The number of nitrogens with zero attached hydrogens (tertiary/aromatic N) is 4. The quantitative estimate of drug-likeness (QED) is 0.671. The van der Waals surface area contributed by atoms with Crippen LogP contribution in [0.3, 0.4) is 0 Å². The second-order valence-corrected chi connectivity index (χ2v) is 7.00. The number of aromatic nitrogens is 4. The van der Waals surface area contributed by atoms with Crippen LogP contribution in [0.1, 0.15) is 47.3 Å². The van der Waals surface area contributed by atoms with Crippen LogP contribution in [0.25, 0.3) is 5.69 Å². The Morgan fingerprint density at radius 3 is 2.90 bits per heavy atom. The summed E-state index contributed by atoms with van der Waals surface area (Å²) in [7, 11) is 0. The molecule has 4 rings (SSSR count). The van der Waals surface area contributed by atoms with Crippen molar-refractivity contribution in [3.05, 3.63) is 71.5 Å². The zero-order chi connectivity index (χ0) is 20.2. The van der Waals surface area contributed by atoms with Gasteiger partial charge in [0.05, 0.1) is 17.3 Å². The smallest absolute Gasteiger partial charge is 0.338 e. The van der Waals surface area contributed by atoms with E-state index in [0.717, 1.165) is 24.8 Å². The average molecular weight is 391 g/mol. The van der Waals surface area contributed by atoms with Crippen LogP contribution in [0.15, 0.2) is 54.9 Å². The molecule has 8 heteroatoms. The highest BCUT2D eigenvalue weighted by Gasteiger charge is 2.25. The number of fused-ring (bicyclic) bond motifs is 1. The summed E-state index contributed by atoms with van der Waals surface area (Å²) in [6.45, 7) is 1.58. The van der Waals surface area contributed by atoms with Gasteiger partial charge in [-0.25, -0.2) is 9.48 Å². The molecular weight excluding hydrogens is 370 g/mol. The average Bonchev–Trinajstić information content (AvgIpc) is 3.29. The van der Waals surface area contributed by atoms with E-state index in [2.05, 4.69) is 26.9 Å². The molecule has 2 atom stereocenters. The molecule has 0 bridgehead atoms. The highest BCUT2D eigenvalue weighted by Crippen LogP contribution is 2.29. The molecule has 1 N–H and O–H groups in total. The Morgan fingerprint density at radius 2 is 2.07 bits per heavy atom. The van der Waals surface area contributed by atoms with Gasteiger partial charge in [0, 0.05) is 0 Å². The van der Waals surface area contributed by atoms with Crippen LogP contribution < -0.4 is 5.32 Å². The monoisotopic (exact) mass is 391 g/mol. The minimum Gasteiger partial charge on any atom is -0.449 e. The van der Waals surface area contributed by atoms with E-state index in [1.54, 1.807) is 31.2 Å². The van der Waals surface area contributed by atoms with Gasteiger partial charge in [-0.1, -0.05) is 30.3 Å². The number of ether oxygens (including phenoxy) is 1. The van der Waals surface area contributed by atoms with Crippen molar-refractivity contribution < 1.29 is 14.3 Å². The number of carbonyl (C=O) groups is 2. The van der Waals surface area contributed by atoms with E-state index in [-0.39, 0.29) is 11.9 Å². The van der Waals surface area contributed by atoms with Gasteiger partial charge in [0.2, 0.25) is 0 Å². The van der Waals surface area contributed by atoms with E-state index in [1.807, 2.05) is 18.2 Å². The lowest BCUT2D eigenvalue weighted by atomic mass is 9.87. The summed E-state index contributed by atoms with van der Waals surface area (Å²) < 4.78 is 6.83. The van der Waals surface area contributed by atoms with Crippen molar-refractivity contribution >= 4 is 11.9 Å². The molecule has 2 unspecified atom stereocenters. The first-order valence-electron chi connectivity index (χ1n) is 9.54. The summed E-state index contributed by atoms with van der Waals surface area (Å²) in [6, 6.07) is 14.8. The van der Waals surface area contributed by atoms with E-state index < -0.39 is 12.1 Å². The lowest BCUT2D eigenvalue weighted by Gasteiger charge is -2.27. The van der Waals surface area contributed by atoms with Crippen LogP contribution in [0.2, 0.25) is 0 Å². The van der Waals surface area contributed by atoms with Crippen molar-refractivity contribution in [2.24, 2.45) is 0 Å². The van der Waals surface area contributed by atoms with Crippen molar-refractivity contribution in [3.8, 4) is 5.69 Å². The summed E-state index contributed by atoms with van der Waals surface area (Å²) in [4.78, 5) is 25.1. The molecule has 2 aromatic carbocycles. The van der Waals surface area contributed by atoms with E-state index >= 15 is 0 Å². The SMILES string of the molecule is CC(OC(=O)c1cccc(-n2cnnn2)c1)C(=O)NC1CCCc2ccccc21. The van der Waals surface area contributed by atoms with Crippen LogP contribution in [0, 0.1) is 0 Å². The first-order chi connectivity index (χ1) is 14.1. The van der Waals surface area contributed by atoms with Crippen LogP contribution in [-0.2, 0) is 16.0 Å². The maximum absolute atomic E-state index is 12.6. The summed E-state index contributed by atoms with van der Waals surface area (Å²) in [5, 5.41) is 14.0. The van der Waals surface area contributed by atoms with Crippen LogP contribution in [0.5, 0.6) is 0 Å². The molecule has 1 aliphatic carbocycles. The van der Waals surface area contributed by atoms with Gasteiger partial charge >= 0.3 is 5.97 Å². The molecular formula is C21H21N5O3. The second kappa shape index (κ2) is 8.22. The summed E-state index contributed by atoms with van der Waals surface area (Å²) in [5.74, 6) is -0.886. The first kappa shape index (κ1) is 18.8. The van der Waals surface area contributed by atoms with Gasteiger partial charge in [-0.15, -0.1) is 5.10 Å². The number of amides is 1. The van der Waals surface area contributed by atoms with Gasteiger partial charge in [-0.05, 0) is 65.9 Å². The maximum atomic E-state index is 12.6. The zero-order valence-corrected chi connectivity index (χ0v) is 16.0. The number of hydrogen-bond donors (Lipinski definition) is 1. The van der Waals surface area contributed by atoms with Crippen molar-refractivity contribution in [2.75, 3.05) is 0 Å². The number of aryl methyl sites for hydroxylation is 1. The number of nitrogens with one attached hydrogen (secondary N) is 1. The van der Waals surface area contributed by atoms with Gasteiger partial charge in [-0.3, -0.25) is 4.79 Å². The van der Waals surface area contributed by atoms with E-state index in [9.17, 15) is 9.59 Å². The zero-order valence-electron chi connectivity index (χ0n) is 16.0. The fraction of sp³-hybridized carbons (Fsp3) is 0.286. The predicted molar refractivity (Wildman–Crippen MR) is 104 cm³/mol. The van der Waals surface area contributed by atoms with Crippen LogP contribution >= 0.6 is 0 Å². The Balaban J connectivity index is 1.41. The van der Waals surface area contributed by atoms with Crippen LogP contribution in [-0.4, -0.2) is 38.2 Å². The second-order valence-electron chi connectivity index (χ2n) is 7.00. The van der Waals surface area contributed by atoms with Gasteiger partial charge in [0.1, 0.15) is 6.33 Å². The van der Waals surface area contributed by atoms with Crippen molar-refractivity contribution in [3.63, 3.8) is 0 Å². The molecule has 29 heavy (non-hydrogen) atoms. The fourth-order valence-corrected chi connectivity index (χ4v) is 3.53. The third-order valence-electron chi connectivity index (χ3n) is 5.03. The molecule has 0 radical (unpaired) electrons. The third kappa shape index (κ3) is 4.16. The minimum atomic E-state index is -0.909. The lowest BCUT2D eigenvalue weighted by molar-refractivity contribution is -0.130. The van der Waals surface area contributed by atoms with Crippen LogP contribution in [0.4, 0.5) is 0 Å². The highest BCUT2D eigenvalue weighted by atomic mass is 16.5. The Hall–Kier alpha value is -3.55. The minimum absolute atomic E-state index is 0.0586. The Kier molecular flexibility index (Phi) is 5.33. The Bertz CT molecular complexity index is 1020. The van der Waals surface area contributed by atoms with E-state index in [1.165, 1.54) is 16.6 Å². The predicted octanol–water partition coefficient (Wildman–Crippen LogP) is 2.40. The molecule has 1 aromatic heterocycles. The summed E-state index contributed by atoms with van der Waals surface area (Å²) >= 11 is 0. The standard InChI is InChI=1S/C21H21N5O3/c1-14(20(27)23-19-11-5-7-15-6-2-3-10-18(15)19)29-21(28)16-8-4-9-17(12-16)26-13-22-24-25-26/h2-4,6,8-10,12-14,19H,5,7,11H2,1H3,(H,23,27). The molecule has 0 saturated carbocycles. The van der Waals surface area contributed by atoms with Crippen molar-refractivity contribution in [2.45, 2.75) is 38.3 Å². The third-order valence-corrected chi connectivity index (χ3v) is 5.03. The lowest BCUT2D eigenvalue weighted by Crippen LogP contribution is -2.39. The Morgan fingerprint density at radius 1 is 1.21 bits per heavy atom. The molecule has 1 amide bonds. The number of benzene rings is 2. The maximum Gasteiger partial charge on any atom is 0.338 e. The summed E-state index contributed by atoms with van der Waals surface area (Å²) in [6.07, 6.45) is 3.43. The number of carbonyl (C=O) groups excluding carboxylic acids is 2. The topological polar surface area (TPSA) is 99.0 Å². The van der Waals surface area contributed by atoms with Gasteiger partial charge in [-0.2, -0.15) is 0 Å². The van der Waals surface area contributed by atoms with Crippen molar-refractivity contribution in [1.29, 1.82) is 0 Å². The highest BCUT2D eigenvalue weighted by molar-refractivity contribution is 5.92. The molecule has 0 saturated heterocycles. The van der Waals surface area contributed by atoms with Crippen molar-refractivity contribution in [1.82, 2.24) is 25.5 Å². The number of tetrazole rings is 1. The normalized spacial score (nSPS) is 16.5. The number of esters is 1. The molecule has 8 nitrogen and oxygen atoms in total. The summed E-state index contributed by atoms with van der Waals surface area (Å²) in [5.41, 5.74) is 3.34. The van der Waals surface area contributed by atoms with Gasteiger partial charge < -0.3 is 10.1 Å². The molecule has 3 aromatic rings. The number of rotatable bonds is 5. The Labute approximate surface area is 167 Å². The van der Waals surface area contributed by atoms with E-state index in [4.69, 9.17) is 4.74 Å². The molecule has 0 fully saturated rings. The largest absolute Gasteiger partial charge is 0.449 e. The molecule has 0 spiro atoms.